The Labute approximate surface area is 127 Å². The number of nitrogens with one attached hydrogen (secondary N) is 1. The molecule has 0 unspecified atom stereocenters. The van der Waals surface area contributed by atoms with Crippen LogP contribution in [-0.4, -0.2) is 9.97 Å². The molecule has 0 saturated heterocycles. The Bertz CT molecular complexity index is 855. The Morgan fingerprint density at radius 3 is 2.67 bits per heavy atom. The van der Waals surface area contributed by atoms with Gasteiger partial charge in [0, 0.05) is 16.6 Å². The van der Waals surface area contributed by atoms with E-state index >= 15 is 0 Å². The summed E-state index contributed by atoms with van der Waals surface area (Å²) in [6.07, 6.45) is 1.94. The van der Waals surface area contributed by atoms with Crippen LogP contribution in [0, 0.1) is 10.5 Å². The van der Waals surface area contributed by atoms with Crippen molar-refractivity contribution >= 4 is 23.0 Å². The average molecular weight is 298 g/mol. The molecule has 0 aliphatic rings. The van der Waals surface area contributed by atoms with Crippen LogP contribution in [0.5, 0.6) is 0 Å². The second-order valence-electron chi connectivity index (χ2n) is 4.98. The van der Waals surface area contributed by atoms with Crippen molar-refractivity contribution in [3.63, 3.8) is 0 Å². The molecule has 1 heterocycles. The molecule has 4 heteroatoms. The smallest absolute Gasteiger partial charge is 0.139 e. The van der Waals surface area contributed by atoms with E-state index in [1.54, 1.807) is 12.1 Å². The van der Waals surface area contributed by atoms with E-state index in [4.69, 9.17) is 12.2 Å². The Morgan fingerprint density at radius 1 is 1.14 bits per heavy atom. The molecule has 21 heavy (non-hydrogen) atoms. The van der Waals surface area contributed by atoms with Gasteiger partial charge in [-0.15, -0.1) is 0 Å². The molecule has 0 radical (unpaired) electrons. The van der Waals surface area contributed by atoms with E-state index in [-0.39, 0.29) is 5.82 Å². The lowest BCUT2D eigenvalue weighted by Crippen LogP contribution is -1.97. The number of rotatable bonds is 3. The summed E-state index contributed by atoms with van der Waals surface area (Å²) in [4.78, 5) is 7.72. The van der Waals surface area contributed by atoms with Gasteiger partial charge in [-0.3, -0.25) is 0 Å². The summed E-state index contributed by atoms with van der Waals surface area (Å²) in [6.45, 7) is 2.12. The van der Waals surface area contributed by atoms with Gasteiger partial charge < -0.3 is 4.98 Å². The van der Waals surface area contributed by atoms with Crippen molar-refractivity contribution in [2.45, 2.75) is 19.8 Å². The van der Waals surface area contributed by atoms with Gasteiger partial charge in [0.25, 0.3) is 0 Å². The Morgan fingerprint density at radius 2 is 1.90 bits per heavy atom. The summed E-state index contributed by atoms with van der Waals surface area (Å²) in [5, 5.41) is 1.43. The molecule has 1 aromatic heterocycles. The van der Waals surface area contributed by atoms with Gasteiger partial charge in [-0.05, 0) is 30.0 Å². The molecule has 0 bridgehead atoms. The van der Waals surface area contributed by atoms with Crippen LogP contribution in [-0.2, 0) is 6.42 Å². The van der Waals surface area contributed by atoms with Crippen molar-refractivity contribution in [1.82, 2.24) is 9.97 Å². The number of hydrogen-bond donors (Lipinski definition) is 1. The van der Waals surface area contributed by atoms with Crippen LogP contribution in [0.1, 0.15) is 19.0 Å². The molecule has 0 aliphatic heterocycles. The topological polar surface area (TPSA) is 28.7 Å². The minimum atomic E-state index is -0.224. The summed E-state index contributed by atoms with van der Waals surface area (Å²) < 4.78 is 14.5. The van der Waals surface area contributed by atoms with Gasteiger partial charge in [-0.1, -0.05) is 49.8 Å². The Kier molecular flexibility index (Phi) is 3.80. The Balaban J connectivity index is 2.26. The fourth-order valence-corrected chi connectivity index (χ4v) is 2.74. The molecule has 0 amide bonds. The van der Waals surface area contributed by atoms with Gasteiger partial charge in [0.15, 0.2) is 0 Å². The number of hydrogen-bond acceptors (Lipinski definition) is 2. The van der Waals surface area contributed by atoms with E-state index in [9.17, 15) is 4.39 Å². The molecular weight excluding hydrogens is 283 g/mol. The van der Waals surface area contributed by atoms with Gasteiger partial charge in [-0.2, -0.15) is 0 Å². The maximum absolute atomic E-state index is 13.9. The van der Waals surface area contributed by atoms with E-state index in [1.165, 1.54) is 6.07 Å². The van der Waals surface area contributed by atoms with Gasteiger partial charge in [0.2, 0.25) is 0 Å². The van der Waals surface area contributed by atoms with Crippen molar-refractivity contribution in [2.75, 3.05) is 0 Å². The highest BCUT2D eigenvalue weighted by Gasteiger charge is 2.09. The molecule has 1 N–H and O–H groups in total. The normalized spacial score (nSPS) is 11.0. The van der Waals surface area contributed by atoms with E-state index in [1.807, 2.05) is 24.3 Å². The second-order valence-corrected chi connectivity index (χ2v) is 5.40. The third-order valence-corrected chi connectivity index (χ3v) is 3.65. The summed E-state index contributed by atoms with van der Waals surface area (Å²) >= 11 is 5.24. The molecule has 3 rings (SSSR count). The first-order valence-corrected chi connectivity index (χ1v) is 7.37. The van der Waals surface area contributed by atoms with Crippen molar-refractivity contribution in [3.8, 4) is 11.4 Å². The molecule has 0 spiro atoms. The van der Waals surface area contributed by atoms with E-state index in [2.05, 4.69) is 16.9 Å². The van der Waals surface area contributed by atoms with Crippen LogP contribution in [0.4, 0.5) is 4.39 Å². The predicted molar refractivity (Wildman–Crippen MR) is 86.3 cm³/mol. The van der Waals surface area contributed by atoms with Crippen LogP contribution in [0.3, 0.4) is 0 Å². The minimum absolute atomic E-state index is 0.224. The largest absolute Gasteiger partial charge is 0.343 e. The zero-order chi connectivity index (χ0) is 14.8. The number of halogens is 1. The number of nitrogens with zero attached hydrogens (tertiary/aromatic N) is 1. The van der Waals surface area contributed by atoms with E-state index in [0.29, 0.717) is 15.9 Å². The van der Waals surface area contributed by atoms with Crippen molar-refractivity contribution in [3.05, 3.63) is 58.6 Å². The van der Waals surface area contributed by atoms with E-state index < -0.39 is 0 Å². The first kappa shape index (κ1) is 13.9. The maximum atomic E-state index is 13.9. The van der Waals surface area contributed by atoms with Crippen LogP contribution in [0.15, 0.2) is 42.5 Å². The Hall–Kier alpha value is -2.07. The monoisotopic (exact) mass is 298 g/mol. The van der Waals surface area contributed by atoms with Gasteiger partial charge in [0.05, 0.1) is 0 Å². The maximum Gasteiger partial charge on any atom is 0.139 e. The number of aryl methyl sites for hydroxylation is 1. The molecule has 0 aliphatic carbocycles. The highest BCUT2D eigenvalue weighted by atomic mass is 32.1. The number of aromatic amines is 1. The fourth-order valence-electron chi connectivity index (χ4n) is 2.51. The molecule has 0 fully saturated rings. The lowest BCUT2D eigenvalue weighted by Gasteiger charge is -2.09. The molecular formula is C17H15FN2S. The first-order valence-electron chi connectivity index (χ1n) is 6.97. The second kappa shape index (κ2) is 5.74. The summed E-state index contributed by atoms with van der Waals surface area (Å²) in [5.74, 6) is 0.472. The first-order chi connectivity index (χ1) is 10.2. The molecule has 0 atom stereocenters. The van der Waals surface area contributed by atoms with Gasteiger partial charge >= 0.3 is 0 Å². The highest BCUT2D eigenvalue weighted by molar-refractivity contribution is 7.71. The summed E-state index contributed by atoms with van der Waals surface area (Å²) in [6, 6.07) is 12.5. The molecule has 2 aromatic carbocycles. The number of aromatic nitrogens is 2. The van der Waals surface area contributed by atoms with Crippen LogP contribution >= 0.6 is 12.2 Å². The summed E-state index contributed by atoms with van der Waals surface area (Å²) in [5.41, 5.74) is 1.93. The van der Waals surface area contributed by atoms with Crippen molar-refractivity contribution in [1.29, 1.82) is 0 Å². The number of fused-ring (bicyclic) bond motifs is 1. The zero-order valence-electron chi connectivity index (χ0n) is 11.7. The SMILES string of the molecule is CCCc1cc(=S)nc(-c2ccc(F)c3ccccc23)[nH]1. The lowest BCUT2D eigenvalue weighted by atomic mass is 10.0. The van der Waals surface area contributed by atoms with Crippen LogP contribution in [0.2, 0.25) is 0 Å². The number of benzene rings is 2. The van der Waals surface area contributed by atoms with Crippen LogP contribution in [0.25, 0.3) is 22.2 Å². The summed E-state index contributed by atoms with van der Waals surface area (Å²) in [7, 11) is 0. The molecule has 2 nitrogen and oxygen atoms in total. The highest BCUT2D eigenvalue weighted by Crippen LogP contribution is 2.28. The molecule has 3 aromatic rings. The standard InChI is InChI=1S/C17H15FN2S/c1-2-5-11-10-16(21)20-17(19-11)14-8-9-15(18)13-7-4-3-6-12(13)14/h3-4,6-10H,2,5H2,1H3,(H,19,20,21). The van der Waals surface area contributed by atoms with Gasteiger partial charge in [-0.25, -0.2) is 9.37 Å². The average Bonchev–Trinajstić information content (AvgIpc) is 2.47. The van der Waals surface area contributed by atoms with Crippen molar-refractivity contribution in [2.24, 2.45) is 0 Å². The third-order valence-electron chi connectivity index (χ3n) is 3.44. The predicted octanol–water partition coefficient (Wildman–Crippen LogP) is 5.05. The third kappa shape index (κ3) is 2.72. The van der Waals surface area contributed by atoms with Crippen LogP contribution < -0.4 is 0 Å². The quantitative estimate of drug-likeness (QED) is 0.685. The minimum Gasteiger partial charge on any atom is -0.343 e. The number of H-pyrrole nitrogens is 1. The molecule has 106 valence electrons. The molecule has 0 saturated carbocycles. The van der Waals surface area contributed by atoms with Crippen molar-refractivity contribution < 1.29 is 4.39 Å². The lowest BCUT2D eigenvalue weighted by molar-refractivity contribution is 0.640. The zero-order valence-corrected chi connectivity index (χ0v) is 12.5. The van der Waals surface area contributed by atoms with E-state index in [0.717, 1.165) is 29.5 Å². The van der Waals surface area contributed by atoms with Gasteiger partial charge in [0.1, 0.15) is 16.3 Å². The fraction of sp³-hybridized carbons (Fsp3) is 0.176.